The predicted octanol–water partition coefficient (Wildman–Crippen LogP) is 3.69. The van der Waals surface area contributed by atoms with Crippen molar-refractivity contribution in [3.8, 4) is 0 Å². The fourth-order valence-electron chi connectivity index (χ4n) is 7.84. The molecule has 54 heavy (non-hydrogen) atoms. The van der Waals surface area contributed by atoms with E-state index in [1.807, 2.05) is 77.0 Å². The molecule has 4 amide bonds. The van der Waals surface area contributed by atoms with E-state index in [0.29, 0.717) is 19.5 Å². The van der Waals surface area contributed by atoms with Crippen molar-refractivity contribution >= 4 is 29.6 Å². The highest BCUT2D eigenvalue weighted by molar-refractivity contribution is 5.90. The van der Waals surface area contributed by atoms with Gasteiger partial charge in [-0.05, 0) is 50.3 Å². The maximum absolute atomic E-state index is 14.1. The number of carbonyl (C=O) groups is 5. The van der Waals surface area contributed by atoms with Crippen molar-refractivity contribution in [2.24, 2.45) is 29.6 Å². The van der Waals surface area contributed by atoms with Crippen molar-refractivity contribution in [2.75, 3.05) is 48.5 Å². The summed E-state index contributed by atoms with van der Waals surface area (Å²) >= 11 is 0. The molecule has 13 heteroatoms. The lowest BCUT2D eigenvalue weighted by Crippen LogP contribution is -2.56. The van der Waals surface area contributed by atoms with Crippen LogP contribution in [0.4, 0.5) is 0 Å². The minimum Gasteiger partial charge on any atom is -0.480 e. The topological polar surface area (TPSA) is 158 Å². The molecular formula is C41H69N5O8. The van der Waals surface area contributed by atoms with Crippen LogP contribution in [-0.4, -0.2) is 134 Å². The van der Waals surface area contributed by atoms with Crippen molar-refractivity contribution in [3.05, 3.63) is 35.9 Å². The highest BCUT2D eigenvalue weighted by Crippen LogP contribution is 2.30. The van der Waals surface area contributed by atoms with E-state index in [4.69, 9.17) is 9.47 Å². The van der Waals surface area contributed by atoms with Crippen LogP contribution in [0.5, 0.6) is 0 Å². The van der Waals surface area contributed by atoms with Crippen LogP contribution in [0.1, 0.15) is 79.7 Å². The van der Waals surface area contributed by atoms with Gasteiger partial charge in [0.05, 0.1) is 36.6 Å². The van der Waals surface area contributed by atoms with Crippen LogP contribution in [0, 0.1) is 29.6 Å². The highest BCUT2D eigenvalue weighted by atomic mass is 16.5. The van der Waals surface area contributed by atoms with E-state index in [0.717, 1.165) is 18.4 Å². The fraction of sp³-hybridized carbons (Fsp3) is 0.732. The monoisotopic (exact) mass is 760 g/mol. The summed E-state index contributed by atoms with van der Waals surface area (Å²) in [5.74, 6) is -3.02. The number of nitrogens with one attached hydrogen (secondary N) is 2. The Morgan fingerprint density at radius 3 is 2.04 bits per heavy atom. The Bertz CT molecular complexity index is 1350. The van der Waals surface area contributed by atoms with Crippen LogP contribution < -0.4 is 10.6 Å². The molecule has 0 aliphatic carbocycles. The van der Waals surface area contributed by atoms with E-state index in [1.54, 1.807) is 30.9 Å². The van der Waals surface area contributed by atoms with E-state index < -0.39 is 48.1 Å². The summed E-state index contributed by atoms with van der Waals surface area (Å²) in [4.78, 5) is 72.2. The van der Waals surface area contributed by atoms with Gasteiger partial charge in [0.25, 0.3) is 0 Å². The number of rotatable bonds is 22. The van der Waals surface area contributed by atoms with Gasteiger partial charge >= 0.3 is 5.97 Å². The second kappa shape index (κ2) is 22.1. The van der Waals surface area contributed by atoms with Crippen molar-refractivity contribution in [2.45, 2.75) is 117 Å². The summed E-state index contributed by atoms with van der Waals surface area (Å²) in [6.07, 6.45) is 1.20. The molecule has 0 unspecified atom stereocenters. The average molecular weight is 760 g/mol. The van der Waals surface area contributed by atoms with Gasteiger partial charge in [0.2, 0.25) is 23.6 Å². The molecule has 0 radical (unpaired) electrons. The number of carboxylic acids is 1. The quantitative estimate of drug-likeness (QED) is 0.160. The molecule has 1 aliphatic rings. The number of ether oxygens (including phenoxy) is 2. The van der Waals surface area contributed by atoms with Crippen LogP contribution in [0.25, 0.3) is 0 Å². The molecular weight excluding hydrogens is 690 g/mol. The summed E-state index contributed by atoms with van der Waals surface area (Å²) in [7, 11) is 8.54. The molecule has 3 N–H and O–H groups in total. The third-order valence-electron chi connectivity index (χ3n) is 11.2. The molecule has 1 aromatic carbocycles. The van der Waals surface area contributed by atoms with Gasteiger partial charge in [-0.1, -0.05) is 85.2 Å². The summed E-state index contributed by atoms with van der Waals surface area (Å²) in [6, 6.07) is 6.51. The van der Waals surface area contributed by atoms with Gasteiger partial charge in [-0.25, -0.2) is 4.79 Å². The molecule has 2 rings (SSSR count). The first-order valence-corrected chi connectivity index (χ1v) is 19.5. The van der Waals surface area contributed by atoms with Gasteiger partial charge in [-0.15, -0.1) is 0 Å². The molecule has 1 saturated heterocycles. The van der Waals surface area contributed by atoms with E-state index >= 15 is 0 Å². The number of benzene rings is 1. The minimum atomic E-state index is -1.13. The summed E-state index contributed by atoms with van der Waals surface area (Å²) in [6.45, 7) is 14.5. The molecule has 13 nitrogen and oxygen atoms in total. The molecule has 306 valence electrons. The predicted molar refractivity (Wildman–Crippen MR) is 209 cm³/mol. The standard InChI is InChI=1S/C41H69N5O8/c1-13-27(6)30(24-45(10)40(50)35(25(2)3)43-39(49)36(26(4)5)44(8)9)33(53-11)23-34(47)46-21-17-20-32(46)37(54-12)28(7)38(48)42-31(41(51)52)22-29-18-15-14-16-19-29/h14-16,18-19,25-28,30-33,35-37H,13,17,20-24H2,1-12H3,(H,42,48)(H,43,49)(H,51,52)/t27-,28+,30-,31-,32-,33+,35-,36-,37+/m0/s1. The Morgan fingerprint density at radius 2 is 1.54 bits per heavy atom. The first-order valence-electron chi connectivity index (χ1n) is 19.5. The van der Waals surface area contributed by atoms with Gasteiger partial charge in [0, 0.05) is 46.7 Å². The molecule has 1 aromatic rings. The van der Waals surface area contributed by atoms with Gasteiger partial charge in [-0.3, -0.25) is 24.1 Å². The number of carbonyl (C=O) groups excluding carboxylic acids is 4. The van der Waals surface area contributed by atoms with Crippen molar-refractivity contribution < 1.29 is 38.6 Å². The number of hydrogen-bond donors (Lipinski definition) is 3. The SMILES string of the molecule is CC[C@H](C)[C@H](CN(C)C(=O)[C@@H](NC(=O)[C@H](C(C)C)N(C)C)C(C)C)[C@@H](CC(=O)N1CCC[C@H]1[C@H](OC)[C@@H](C)C(=O)N[C@@H](Cc1ccccc1)C(=O)O)OC. The van der Waals surface area contributed by atoms with Crippen LogP contribution >= 0.6 is 0 Å². The first kappa shape index (κ1) is 46.6. The molecule has 0 saturated carbocycles. The highest BCUT2D eigenvalue weighted by Gasteiger charge is 2.42. The Kier molecular flexibility index (Phi) is 19.1. The number of nitrogens with zero attached hydrogens (tertiary/aromatic N) is 3. The van der Waals surface area contributed by atoms with Gasteiger partial charge in [-0.2, -0.15) is 0 Å². The Morgan fingerprint density at radius 1 is 0.907 bits per heavy atom. The van der Waals surface area contributed by atoms with Crippen LogP contribution in [0.15, 0.2) is 30.3 Å². The zero-order valence-electron chi connectivity index (χ0n) is 34.8. The Balaban J connectivity index is 2.22. The lowest BCUT2D eigenvalue weighted by molar-refractivity contribution is -0.145. The summed E-state index contributed by atoms with van der Waals surface area (Å²) in [5, 5.41) is 15.6. The van der Waals surface area contributed by atoms with Crippen LogP contribution in [0.3, 0.4) is 0 Å². The van der Waals surface area contributed by atoms with Crippen LogP contribution in [0.2, 0.25) is 0 Å². The molecule has 0 spiro atoms. The van der Waals surface area contributed by atoms with Crippen LogP contribution in [-0.2, 0) is 39.9 Å². The third kappa shape index (κ3) is 12.8. The molecule has 9 atom stereocenters. The zero-order chi connectivity index (χ0) is 40.9. The van der Waals surface area contributed by atoms with Crippen molar-refractivity contribution in [1.82, 2.24) is 25.3 Å². The summed E-state index contributed by atoms with van der Waals surface area (Å²) < 4.78 is 11.9. The lowest BCUT2D eigenvalue weighted by atomic mass is 9.84. The van der Waals surface area contributed by atoms with Gasteiger partial charge in [0.1, 0.15) is 12.1 Å². The van der Waals surface area contributed by atoms with E-state index in [2.05, 4.69) is 24.5 Å². The average Bonchev–Trinajstić information content (AvgIpc) is 3.60. The maximum atomic E-state index is 14.1. The molecule has 1 fully saturated rings. The molecule has 1 heterocycles. The second-order valence-corrected chi connectivity index (χ2v) is 16.0. The normalized spacial score (nSPS) is 19.1. The molecule has 1 aliphatic heterocycles. The van der Waals surface area contributed by atoms with E-state index in [-0.39, 0.29) is 60.3 Å². The minimum absolute atomic E-state index is 0.0550. The van der Waals surface area contributed by atoms with Gasteiger partial charge < -0.3 is 35.0 Å². The zero-order valence-corrected chi connectivity index (χ0v) is 34.8. The number of carboxylic acid groups (broad SMARTS) is 1. The number of methoxy groups -OCH3 is 2. The third-order valence-corrected chi connectivity index (χ3v) is 11.2. The van der Waals surface area contributed by atoms with Crippen molar-refractivity contribution in [1.29, 1.82) is 0 Å². The van der Waals surface area contributed by atoms with E-state index in [1.165, 1.54) is 7.11 Å². The lowest BCUT2D eigenvalue weighted by Gasteiger charge is -2.38. The number of aliphatic carboxylic acids is 1. The number of amides is 4. The molecule has 0 bridgehead atoms. The molecule has 0 aromatic heterocycles. The Hall–Kier alpha value is -3.55. The van der Waals surface area contributed by atoms with Crippen molar-refractivity contribution in [3.63, 3.8) is 0 Å². The van der Waals surface area contributed by atoms with E-state index in [9.17, 15) is 29.1 Å². The number of likely N-dealkylation sites (tertiary alicyclic amines) is 1. The Labute approximate surface area is 323 Å². The number of likely N-dealkylation sites (N-methyl/N-ethyl adjacent to an activating group) is 2. The largest absolute Gasteiger partial charge is 0.480 e. The smallest absolute Gasteiger partial charge is 0.326 e. The first-order chi connectivity index (χ1) is 25.4. The summed E-state index contributed by atoms with van der Waals surface area (Å²) in [5.41, 5.74) is 0.791. The fourth-order valence-corrected chi connectivity index (χ4v) is 7.84. The maximum Gasteiger partial charge on any atom is 0.326 e. The number of hydrogen-bond acceptors (Lipinski definition) is 8. The second-order valence-electron chi connectivity index (χ2n) is 16.0. The van der Waals surface area contributed by atoms with Gasteiger partial charge in [0.15, 0.2) is 0 Å².